The highest BCUT2D eigenvalue weighted by Gasteiger charge is 2.14. The second-order valence-electron chi connectivity index (χ2n) is 6.27. The Morgan fingerprint density at radius 2 is 1.50 bits per heavy atom. The van der Waals surface area contributed by atoms with E-state index in [2.05, 4.69) is 46.6 Å². The molecule has 2 heterocycles. The SMILES string of the molecule is Cc1nc(Nc2ccc3c(c2)OCO3)cc(Nc2c(C)cccc2C)n1. The van der Waals surface area contributed by atoms with Crippen LogP contribution >= 0.6 is 0 Å². The molecule has 0 radical (unpaired) electrons. The highest BCUT2D eigenvalue weighted by molar-refractivity contribution is 5.68. The van der Waals surface area contributed by atoms with Gasteiger partial charge in [-0.2, -0.15) is 0 Å². The molecular weight excluding hydrogens is 328 g/mol. The van der Waals surface area contributed by atoms with E-state index in [1.54, 1.807) is 0 Å². The van der Waals surface area contributed by atoms with E-state index in [-0.39, 0.29) is 6.79 Å². The molecule has 0 bridgehead atoms. The van der Waals surface area contributed by atoms with Gasteiger partial charge in [0.05, 0.1) is 0 Å². The molecule has 2 N–H and O–H groups in total. The number of aryl methyl sites for hydroxylation is 3. The monoisotopic (exact) mass is 348 g/mol. The van der Waals surface area contributed by atoms with E-state index >= 15 is 0 Å². The van der Waals surface area contributed by atoms with Gasteiger partial charge in [0.15, 0.2) is 11.5 Å². The maximum Gasteiger partial charge on any atom is 0.231 e. The van der Waals surface area contributed by atoms with Crippen molar-refractivity contribution in [2.45, 2.75) is 20.8 Å². The van der Waals surface area contributed by atoms with Crippen LogP contribution in [-0.2, 0) is 0 Å². The van der Waals surface area contributed by atoms with Crippen LogP contribution < -0.4 is 20.1 Å². The number of hydrogen-bond acceptors (Lipinski definition) is 6. The van der Waals surface area contributed by atoms with Crippen molar-refractivity contribution < 1.29 is 9.47 Å². The van der Waals surface area contributed by atoms with E-state index in [9.17, 15) is 0 Å². The zero-order valence-corrected chi connectivity index (χ0v) is 15.0. The zero-order chi connectivity index (χ0) is 18.1. The van der Waals surface area contributed by atoms with Crippen molar-refractivity contribution in [3.8, 4) is 11.5 Å². The van der Waals surface area contributed by atoms with Crippen LogP contribution in [0.1, 0.15) is 17.0 Å². The molecule has 0 fully saturated rings. The van der Waals surface area contributed by atoms with E-state index < -0.39 is 0 Å². The lowest BCUT2D eigenvalue weighted by Crippen LogP contribution is -2.03. The summed E-state index contributed by atoms with van der Waals surface area (Å²) in [6, 6.07) is 13.8. The molecule has 1 aliphatic rings. The largest absolute Gasteiger partial charge is 0.454 e. The smallest absolute Gasteiger partial charge is 0.231 e. The number of para-hydroxylation sites is 1. The first-order valence-corrected chi connectivity index (χ1v) is 8.44. The van der Waals surface area contributed by atoms with Crippen LogP contribution in [0.3, 0.4) is 0 Å². The maximum atomic E-state index is 5.42. The standard InChI is InChI=1S/C20H20N4O2/c1-12-5-4-6-13(2)20(12)24-19-10-18(21-14(3)22-19)23-15-7-8-16-17(9-15)26-11-25-16/h4-10H,11H2,1-3H3,(H2,21,22,23,24). The van der Waals surface area contributed by atoms with Crippen LogP contribution in [0.4, 0.5) is 23.0 Å². The fraction of sp³-hybridized carbons (Fsp3) is 0.200. The third kappa shape index (κ3) is 3.26. The summed E-state index contributed by atoms with van der Waals surface area (Å²) in [6.45, 7) is 6.29. The van der Waals surface area contributed by atoms with Gasteiger partial charge in [0.25, 0.3) is 0 Å². The second kappa shape index (κ2) is 6.55. The van der Waals surface area contributed by atoms with E-state index in [0.29, 0.717) is 11.6 Å². The fourth-order valence-electron chi connectivity index (χ4n) is 2.96. The molecule has 1 aliphatic heterocycles. The molecule has 0 amide bonds. The molecule has 4 rings (SSSR count). The Kier molecular flexibility index (Phi) is 4.08. The van der Waals surface area contributed by atoms with Crippen LogP contribution in [0.15, 0.2) is 42.5 Å². The molecule has 3 aromatic rings. The summed E-state index contributed by atoms with van der Waals surface area (Å²) in [5.41, 5.74) is 4.29. The lowest BCUT2D eigenvalue weighted by atomic mass is 10.1. The van der Waals surface area contributed by atoms with E-state index in [0.717, 1.165) is 28.7 Å². The summed E-state index contributed by atoms with van der Waals surface area (Å²) >= 11 is 0. The van der Waals surface area contributed by atoms with Crippen molar-refractivity contribution in [3.05, 3.63) is 59.4 Å². The molecule has 0 aliphatic carbocycles. The molecule has 1 aromatic heterocycles. The molecule has 6 heteroatoms. The predicted octanol–water partition coefficient (Wildman–Crippen LogP) is 4.62. The predicted molar refractivity (Wildman–Crippen MR) is 102 cm³/mol. The quantitative estimate of drug-likeness (QED) is 0.717. The number of fused-ring (bicyclic) bond motifs is 1. The Morgan fingerprint density at radius 1 is 0.808 bits per heavy atom. The Hall–Kier alpha value is -3.28. The summed E-state index contributed by atoms with van der Waals surface area (Å²) in [5.74, 6) is 3.63. The Balaban J connectivity index is 1.60. The van der Waals surface area contributed by atoms with E-state index in [1.165, 1.54) is 11.1 Å². The summed E-state index contributed by atoms with van der Waals surface area (Å²) in [6.07, 6.45) is 0. The minimum absolute atomic E-state index is 0.259. The van der Waals surface area contributed by atoms with Crippen molar-refractivity contribution in [1.82, 2.24) is 9.97 Å². The molecule has 0 spiro atoms. The third-order valence-corrected chi connectivity index (χ3v) is 4.22. The molecule has 2 aromatic carbocycles. The van der Waals surface area contributed by atoms with Gasteiger partial charge in [-0.05, 0) is 44.0 Å². The van der Waals surface area contributed by atoms with Gasteiger partial charge in [-0.15, -0.1) is 0 Å². The van der Waals surface area contributed by atoms with E-state index in [1.807, 2.05) is 37.3 Å². The van der Waals surface area contributed by atoms with Gasteiger partial charge in [0, 0.05) is 23.5 Å². The van der Waals surface area contributed by atoms with Gasteiger partial charge < -0.3 is 20.1 Å². The number of anilines is 4. The van der Waals surface area contributed by atoms with Crippen LogP contribution in [-0.4, -0.2) is 16.8 Å². The Morgan fingerprint density at radius 3 is 2.27 bits per heavy atom. The maximum absolute atomic E-state index is 5.42. The average molecular weight is 348 g/mol. The van der Waals surface area contributed by atoms with Gasteiger partial charge in [0.1, 0.15) is 17.5 Å². The summed E-state index contributed by atoms with van der Waals surface area (Å²) in [7, 11) is 0. The average Bonchev–Trinajstić information content (AvgIpc) is 3.05. The number of aromatic nitrogens is 2. The first-order chi connectivity index (χ1) is 12.6. The lowest BCUT2D eigenvalue weighted by molar-refractivity contribution is 0.174. The van der Waals surface area contributed by atoms with E-state index in [4.69, 9.17) is 9.47 Å². The number of nitrogens with one attached hydrogen (secondary N) is 2. The molecule has 0 atom stereocenters. The van der Waals surface area contributed by atoms with Gasteiger partial charge in [0.2, 0.25) is 6.79 Å². The highest BCUT2D eigenvalue weighted by atomic mass is 16.7. The van der Waals surface area contributed by atoms with Gasteiger partial charge in [-0.1, -0.05) is 18.2 Å². The topological polar surface area (TPSA) is 68.3 Å². The minimum atomic E-state index is 0.259. The fourth-order valence-corrected chi connectivity index (χ4v) is 2.96. The van der Waals surface area contributed by atoms with Crippen LogP contribution in [0.5, 0.6) is 11.5 Å². The van der Waals surface area contributed by atoms with Crippen LogP contribution in [0.25, 0.3) is 0 Å². The summed E-state index contributed by atoms with van der Waals surface area (Å²) in [5, 5.41) is 6.72. The molecular formula is C20H20N4O2. The zero-order valence-electron chi connectivity index (χ0n) is 15.0. The molecule has 0 unspecified atom stereocenters. The third-order valence-electron chi connectivity index (χ3n) is 4.22. The molecule has 0 saturated heterocycles. The van der Waals surface area contributed by atoms with Crippen molar-refractivity contribution in [2.24, 2.45) is 0 Å². The lowest BCUT2D eigenvalue weighted by Gasteiger charge is -2.14. The number of rotatable bonds is 4. The van der Waals surface area contributed by atoms with Gasteiger partial charge >= 0.3 is 0 Å². The number of nitrogens with zero attached hydrogens (tertiary/aromatic N) is 2. The first-order valence-electron chi connectivity index (χ1n) is 8.44. The normalized spacial score (nSPS) is 12.1. The van der Waals surface area contributed by atoms with Crippen molar-refractivity contribution in [2.75, 3.05) is 17.4 Å². The molecule has 0 saturated carbocycles. The van der Waals surface area contributed by atoms with Gasteiger partial charge in [-0.3, -0.25) is 0 Å². The highest BCUT2D eigenvalue weighted by Crippen LogP contribution is 2.35. The molecule has 6 nitrogen and oxygen atoms in total. The molecule has 132 valence electrons. The van der Waals surface area contributed by atoms with Crippen LogP contribution in [0, 0.1) is 20.8 Å². The first kappa shape index (κ1) is 16.2. The minimum Gasteiger partial charge on any atom is -0.454 e. The number of ether oxygens (including phenoxy) is 2. The van der Waals surface area contributed by atoms with Crippen molar-refractivity contribution in [1.29, 1.82) is 0 Å². The number of benzene rings is 2. The Labute approximate surface area is 152 Å². The second-order valence-corrected chi connectivity index (χ2v) is 6.27. The Bertz CT molecular complexity index is 952. The van der Waals surface area contributed by atoms with Crippen molar-refractivity contribution in [3.63, 3.8) is 0 Å². The summed E-state index contributed by atoms with van der Waals surface area (Å²) in [4.78, 5) is 8.98. The summed E-state index contributed by atoms with van der Waals surface area (Å²) < 4.78 is 10.8. The van der Waals surface area contributed by atoms with Crippen LogP contribution in [0.2, 0.25) is 0 Å². The van der Waals surface area contributed by atoms with Gasteiger partial charge in [-0.25, -0.2) is 9.97 Å². The van der Waals surface area contributed by atoms with Crippen molar-refractivity contribution >= 4 is 23.0 Å². The number of hydrogen-bond donors (Lipinski definition) is 2. The molecule has 26 heavy (non-hydrogen) atoms.